The summed E-state index contributed by atoms with van der Waals surface area (Å²) in [5, 5.41) is 0. The third-order valence-corrected chi connectivity index (χ3v) is 3.53. The van der Waals surface area contributed by atoms with Crippen molar-refractivity contribution >= 4 is 0 Å². The standard InChI is InChI=1S/C14H21N/c1-14(2,10-15)9-11-7-12-5-3-4-6-13(12)8-11/h3-6,11H,7-10,15H2,1-2H3. The number of hydrogen-bond donors (Lipinski definition) is 1. The summed E-state index contributed by atoms with van der Waals surface area (Å²) in [5.41, 5.74) is 9.19. The Kier molecular flexibility index (Phi) is 2.83. The van der Waals surface area contributed by atoms with Gasteiger partial charge in [0, 0.05) is 0 Å². The van der Waals surface area contributed by atoms with Gasteiger partial charge >= 0.3 is 0 Å². The van der Waals surface area contributed by atoms with Crippen molar-refractivity contribution in [1.82, 2.24) is 0 Å². The van der Waals surface area contributed by atoms with Crippen LogP contribution in [0.2, 0.25) is 0 Å². The molecular formula is C14H21N. The molecule has 0 bridgehead atoms. The molecule has 0 heterocycles. The monoisotopic (exact) mass is 203 g/mol. The van der Waals surface area contributed by atoms with E-state index in [2.05, 4.69) is 38.1 Å². The molecule has 0 amide bonds. The van der Waals surface area contributed by atoms with Gasteiger partial charge in [0.25, 0.3) is 0 Å². The van der Waals surface area contributed by atoms with Crippen molar-refractivity contribution in [3.05, 3.63) is 35.4 Å². The van der Waals surface area contributed by atoms with Gasteiger partial charge < -0.3 is 5.73 Å². The second-order valence-corrected chi connectivity index (χ2v) is 5.62. The van der Waals surface area contributed by atoms with Crippen LogP contribution < -0.4 is 5.73 Å². The van der Waals surface area contributed by atoms with E-state index in [0.717, 1.165) is 12.5 Å². The molecule has 1 nitrogen and oxygen atoms in total. The molecule has 2 rings (SSSR count). The smallest absolute Gasteiger partial charge is 0.00257 e. The van der Waals surface area contributed by atoms with Crippen molar-refractivity contribution in [2.24, 2.45) is 17.1 Å². The molecule has 0 radical (unpaired) electrons. The molecular weight excluding hydrogens is 182 g/mol. The molecule has 0 fully saturated rings. The van der Waals surface area contributed by atoms with Crippen molar-refractivity contribution in [1.29, 1.82) is 0 Å². The van der Waals surface area contributed by atoms with Gasteiger partial charge in [0.15, 0.2) is 0 Å². The Hall–Kier alpha value is -0.820. The Balaban J connectivity index is 2.02. The second kappa shape index (κ2) is 3.97. The quantitative estimate of drug-likeness (QED) is 0.803. The van der Waals surface area contributed by atoms with Crippen LogP contribution in [0, 0.1) is 11.3 Å². The summed E-state index contributed by atoms with van der Waals surface area (Å²) in [7, 11) is 0. The number of rotatable bonds is 3. The highest BCUT2D eigenvalue weighted by Gasteiger charge is 2.27. The molecule has 1 aliphatic rings. The van der Waals surface area contributed by atoms with Gasteiger partial charge in [-0.15, -0.1) is 0 Å². The van der Waals surface area contributed by atoms with Crippen LogP contribution in [0.25, 0.3) is 0 Å². The maximum Gasteiger partial charge on any atom is -0.00257 e. The summed E-state index contributed by atoms with van der Waals surface area (Å²) in [6.45, 7) is 5.34. The minimum atomic E-state index is 0.298. The summed E-state index contributed by atoms with van der Waals surface area (Å²) in [6, 6.07) is 8.83. The van der Waals surface area contributed by atoms with Gasteiger partial charge in [0.1, 0.15) is 0 Å². The second-order valence-electron chi connectivity index (χ2n) is 5.62. The van der Waals surface area contributed by atoms with Crippen LogP contribution in [0.4, 0.5) is 0 Å². The lowest BCUT2D eigenvalue weighted by Gasteiger charge is -2.25. The predicted molar refractivity (Wildman–Crippen MR) is 64.8 cm³/mol. The molecule has 0 aliphatic heterocycles. The average Bonchev–Trinajstić information content (AvgIpc) is 2.58. The number of fused-ring (bicyclic) bond motifs is 1. The molecule has 0 aromatic heterocycles. The molecule has 0 spiro atoms. The lowest BCUT2D eigenvalue weighted by Crippen LogP contribution is -2.26. The van der Waals surface area contributed by atoms with Crippen LogP contribution in [0.1, 0.15) is 31.4 Å². The molecule has 0 saturated carbocycles. The molecule has 0 saturated heterocycles. The predicted octanol–water partition coefficient (Wildman–Crippen LogP) is 2.78. The van der Waals surface area contributed by atoms with E-state index in [4.69, 9.17) is 5.73 Å². The van der Waals surface area contributed by atoms with Gasteiger partial charge in [-0.25, -0.2) is 0 Å². The molecule has 0 unspecified atom stereocenters. The van der Waals surface area contributed by atoms with E-state index in [1.54, 1.807) is 11.1 Å². The minimum Gasteiger partial charge on any atom is -0.330 e. The molecule has 82 valence electrons. The van der Waals surface area contributed by atoms with Crippen molar-refractivity contribution in [3.63, 3.8) is 0 Å². The maximum atomic E-state index is 5.79. The van der Waals surface area contributed by atoms with Crippen molar-refractivity contribution in [2.75, 3.05) is 6.54 Å². The number of hydrogen-bond acceptors (Lipinski definition) is 1. The Labute approximate surface area is 92.7 Å². The van der Waals surface area contributed by atoms with Crippen LogP contribution in [-0.4, -0.2) is 6.54 Å². The van der Waals surface area contributed by atoms with Gasteiger partial charge in [-0.05, 0) is 48.3 Å². The number of nitrogens with two attached hydrogens (primary N) is 1. The van der Waals surface area contributed by atoms with Crippen molar-refractivity contribution in [2.45, 2.75) is 33.1 Å². The van der Waals surface area contributed by atoms with E-state index in [1.807, 2.05) is 0 Å². The van der Waals surface area contributed by atoms with Crippen LogP contribution in [-0.2, 0) is 12.8 Å². The van der Waals surface area contributed by atoms with Crippen molar-refractivity contribution < 1.29 is 0 Å². The van der Waals surface area contributed by atoms with Gasteiger partial charge in [-0.3, -0.25) is 0 Å². The Morgan fingerprint density at radius 3 is 2.20 bits per heavy atom. The maximum absolute atomic E-state index is 5.79. The number of benzene rings is 1. The molecule has 1 aromatic carbocycles. The first-order chi connectivity index (χ1) is 7.11. The highest BCUT2D eigenvalue weighted by atomic mass is 14.6. The Morgan fingerprint density at radius 2 is 1.73 bits per heavy atom. The van der Waals surface area contributed by atoms with Crippen LogP contribution >= 0.6 is 0 Å². The summed E-state index contributed by atoms with van der Waals surface area (Å²) >= 11 is 0. The van der Waals surface area contributed by atoms with E-state index in [-0.39, 0.29) is 0 Å². The zero-order valence-electron chi connectivity index (χ0n) is 9.79. The van der Waals surface area contributed by atoms with E-state index >= 15 is 0 Å². The molecule has 2 N–H and O–H groups in total. The normalized spacial score (nSPS) is 16.7. The molecule has 1 heteroatoms. The van der Waals surface area contributed by atoms with E-state index in [9.17, 15) is 0 Å². The third kappa shape index (κ3) is 2.40. The molecule has 0 atom stereocenters. The zero-order chi connectivity index (χ0) is 10.9. The van der Waals surface area contributed by atoms with Crippen LogP contribution in [0.15, 0.2) is 24.3 Å². The summed E-state index contributed by atoms with van der Waals surface area (Å²) in [6.07, 6.45) is 3.75. The van der Waals surface area contributed by atoms with Crippen LogP contribution in [0.5, 0.6) is 0 Å². The lowest BCUT2D eigenvalue weighted by molar-refractivity contribution is 0.280. The third-order valence-electron chi connectivity index (χ3n) is 3.53. The Bertz CT molecular complexity index is 316. The first kappa shape index (κ1) is 10.7. The van der Waals surface area contributed by atoms with Gasteiger partial charge in [-0.1, -0.05) is 38.1 Å². The fourth-order valence-electron chi connectivity index (χ4n) is 2.66. The molecule has 15 heavy (non-hydrogen) atoms. The average molecular weight is 203 g/mol. The fraction of sp³-hybridized carbons (Fsp3) is 0.571. The fourth-order valence-corrected chi connectivity index (χ4v) is 2.66. The molecule has 1 aliphatic carbocycles. The van der Waals surface area contributed by atoms with Gasteiger partial charge in [0.2, 0.25) is 0 Å². The van der Waals surface area contributed by atoms with E-state index < -0.39 is 0 Å². The summed E-state index contributed by atoms with van der Waals surface area (Å²) in [4.78, 5) is 0. The zero-order valence-corrected chi connectivity index (χ0v) is 9.79. The Morgan fingerprint density at radius 1 is 1.20 bits per heavy atom. The first-order valence-corrected chi connectivity index (χ1v) is 5.87. The first-order valence-electron chi connectivity index (χ1n) is 5.87. The van der Waals surface area contributed by atoms with Gasteiger partial charge in [-0.2, -0.15) is 0 Å². The van der Waals surface area contributed by atoms with Crippen molar-refractivity contribution in [3.8, 4) is 0 Å². The highest BCUT2D eigenvalue weighted by molar-refractivity contribution is 5.32. The highest BCUT2D eigenvalue weighted by Crippen LogP contribution is 2.34. The topological polar surface area (TPSA) is 26.0 Å². The van der Waals surface area contributed by atoms with Gasteiger partial charge in [0.05, 0.1) is 0 Å². The lowest BCUT2D eigenvalue weighted by atomic mass is 9.82. The molecule has 1 aromatic rings. The largest absolute Gasteiger partial charge is 0.330 e. The summed E-state index contributed by atoms with van der Waals surface area (Å²) < 4.78 is 0. The van der Waals surface area contributed by atoms with Crippen LogP contribution in [0.3, 0.4) is 0 Å². The summed E-state index contributed by atoms with van der Waals surface area (Å²) in [5.74, 6) is 0.806. The van der Waals surface area contributed by atoms with E-state index in [0.29, 0.717) is 5.41 Å². The SMILES string of the molecule is CC(C)(CN)CC1Cc2ccccc2C1. The van der Waals surface area contributed by atoms with E-state index in [1.165, 1.54) is 19.3 Å². The minimum absolute atomic E-state index is 0.298.